The Labute approximate surface area is 148 Å². The Balaban J connectivity index is 1.83. The van der Waals surface area contributed by atoms with Crippen LogP contribution in [0.1, 0.15) is 21.6 Å². The van der Waals surface area contributed by atoms with Crippen LogP contribution in [-0.2, 0) is 0 Å². The molecule has 4 rings (SSSR count). The number of anilines is 1. The van der Waals surface area contributed by atoms with Gasteiger partial charge in [0.25, 0.3) is 11.6 Å². The molecule has 0 fully saturated rings. The van der Waals surface area contributed by atoms with Gasteiger partial charge in [-0.3, -0.25) is 4.79 Å². The number of hydrogen-bond donors (Lipinski definition) is 1. The first-order valence-electron chi connectivity index (χ1n) is 7.81. The fraction of sp³-hybridized carbons (Fsp3) is 0.105. The van der Waals surface area contributed by atoms with Crippen molar-refractivity contribution in [2.24, 2.45) is 0 Å². The Kier molecular flexibility index (Phi) is 3.82. The van der Waals surface area contributed by atoms with Crippen LogP contribution in [0.4, 0.5) is 5.69 Å². The summed E-state index contributed by atoms with van der Waals surface area (Å²) in [6.07, 6.45) is 0. The summed E-state index contributed by atoms with van der Waals surface area (Å²) in [5.74, 6) is -0.203. The van der Waals surface area contributed by atoms with E-state index in [2.05, 4.69) is 15.5 Å². The summed E-state index contributed by atoms with van der Waals surface area (Å²) in [7, 11) is 0. The van der Waals surface area contributed by atoms with Crippen LogP contribution < -0.4 is 5.32 Å². The number of carbonyl (C=O) groups is 1. The van der Waals surface area contributed by atoms with E-state index in [-0.39, 0.29) is 5.91 Å². The van der Waals surface area contributed by atoms with Gasteiger partial charge in [0.05, 0.1) is 27.2 Å². The van der Waals surface area contributed by atoms with Gasteiger partial charge < -0.3 is 9.84 Å². The van der Waals surface area contributed by atoms with Crippen LogP contribution in [0.15, 0.2) is 52.4 Å². The first-order chi connectivity index (χ1) is 12.1. The lowest BCUT2D eigenvalue weighted by Gasteiger charge is -2.09. The second kappa shape index (κ2) is 6.14. The lowest BCUT2D eigenvalue weighted by atomic mass is 10.1. The summed E-state index contributed by atoms with van der Waals surface area (Å²) < 4.78 is 5.32. The van der Waals surface area contributed by atoms with Crippen LogP contribution in [0.25, 0.3) is 21.7 Å². The molecule has 124 valence electrons. The molecule has 1 amide bonds. The number of aryl methyl sites for hydroxylation is 2. The Hall–Kier alpha value is -2.99. The predicted octanol–water partition coefficient (Wildman–Crippen LogP) is 4.82. The van der Waals surface area contributed by atoms with Crippen molar-refractivity contribution in [1.29, 1.82) is 0 Å². The molecule has 0 aliphatic rings. The van der Waals surface area contributed by atoms with Crippen LogP contribution in [0.2, 0.25) is 0 Å². The highest BCUT2D eigenvalue weighted by atomic mass is 32.1. The summed E-state index contributed by atoms with van der Waals surface area (Å²) in [4.78, 5) is 18.4. The average molecular weight is 349 g/mol. The molecular formula is C19H15N3O2S. The summed E-state index contributed by atoms with van der Waals surface area (Å²) in [5, 5.41) is 9.56. The Morgan fingerprint density at radius 3 is 2.76 bits per heavy atom. The predicted molar refractivity (Wildman–Crippen MR) is 99.0 cm³/mol. The van der Waals surface area contributed by atoms with Gasteiger partial charge in [0.1, 0.15) is 0 Å². The largest absolute Gasteiger partial charge is 0.335 e. The van der Waals surface area contributed by atoms with Crippen molar-refractivity contribution in [1.82, 2.24) is 10.1 Å². The van der Waals surface area contributed by atoms with E-state index in [1.54, 1.807) is 17.4 Å². The Morgan fingerprint density at radius 1 is 1.16 bits per heavy atom. The number of amides is 1. The van der Waals surface area contributed by atoms with Gasteiger partial charge in [-0.1, -0.05) is 29.4 Å². The third-order valence-corrected chi connectivity index (χ3v) is 4.92. The highest BCUT2D eigenvalue weighted by Crippen LogP contribution is 2.30. The second-order valence-electron chi connectivity index (χ2n) is 5.75. The highest BCUT2D eigenvalue weighted by Gasteiger charge is 2.20. The van der Waals surface area contributed by atoms with E-state index < -0.39 is 0 Å². The highest BCUT2D eigenvalue weighted by molar-refractivity contribution is 7.13. The molecular weight excluding hydrogens is 334 g/mol. The van der Waals surface area contributed by atoms with Gasteiger partial charge in [0, 0.05) is 5.69 Å². The second-order valence-corrected chi connectivity index (χ2v) is 6.70. The zero-order valence-corrected chi connectivity index (χ0v) is 14.6. The zero-order chi connectivity index (χ0) is 17.4. The Morgan fingerprint density at radius 2 is 2.00 bits per heavy atom. The molecule has 5 nitrogen and oxygen atoms in total. The van der Waals surface area contributed by atoms with Crippen molar-refractivity contribution < 1.29 is 9.32 Å². The fourth-order valence-corrected chi connectivity index (χ4v) is 3.41. The summed E-state index contributed by atoms with van der Waals surface area (Å²) in [5.41, 5.74) is 4.02. The summed E-state index contributed by atoms with van der Waals surface area (Å²) in [6.45, 7) is 3.77. The van der Waals surface area contributed by atoms with E-state index in [1.807, 2.05) is 55.6 Å². The number of pyridine rings is 1. The smallest absolute Gasteiger partial charge is 0.259 e. The molecule has 4 aromatic rings. The molecule has 0 aliphatic carbocycles. The molecule has 0 aliphatic heterocycles. The number of nitrogens with one attached hydrogen (secondary N) is 1. The number of rotatable bonds is 3. The van der Waals surface area contributed by atoms with Crippen LogP contribution >= 0.6 is 11.3 Å². The van der Waals surface area contributed by atoms with Crippen molar-refractivity contribution in [2.75, 3.05) is 5.32 Å². The maximum atomic E-state index is 12.9. The van der Waals surface area contributed by atoms with Crippen LogP contribution in [-0.4, -0.2) is 16.0 Å². The molecule has 1 aromatic carbocycles. The van der Waals surface area contributed by atoms with E-state index >= 15 is 0 Å². The van der Waals surface area contributed by atoms with Crippen molar-refractivity contribution in [2.45, 2.75) is 13.8 Å². The van der Waals surface area contributed by atoms with Crippen molar-refractivity contribution in [3.8, 4) is 10.6 Å². The molecule has 1 N–H and O–H groups in total. The molecule has 0 saturated heterocycles. The number of fused-ring (bicyclic) bond motifs is 1. The van der Waals surface area contributed by atoms with Gasteiger partial charge in [-0.2, -0.15) is 0 Å². The van der Waals surface area contributed by atoms with E-state index in [0.29, 0.717) is 28.1 Å². The first kappa shape index (κ1) is 15.5. The molecule has 0 radical (unpaired) electrons. The number of carbonyl (C=O) groups excluding carboxylic acids is 1. The normalized spacial score (nSPS) is 11.0. The lowest BCUT2D eigenvalue weighted by Crippen LogP contribution is -2.13. The minimum absolute atomic E-state index is 0.203. The van der Waals surface area contributed by atoms with Crippen molar-refractivity contribution in [3.05, 3.63) is 64.7 Å². The number of benzene rings is 1. The van der Waals surface area contributed by atoms with E-state index in [0.717, 1.165) is 16.1 Å². The topological polar surface area (TPSA) is 68.0 Å². The molecule has 6 heteroatoms. The van der Waals surface area contributed by atoms with E-state index in [1.165, 1.54) is 0 Å². The van der Waals surface area contributed by atoms with Gasteiger partial charge in [-0.25, -0.2) is 4.98 Å². The van der Waals surface area contributed by atoms with Gasteiger partial charge >= 0.3 is 0 Å². The van der Waals surface area contributed by atoms with Crippen LogP contribution in [0.5, 0.6) is 0 Å². The maximum absolute atomic E-state index is 12.9. The minimum atomic E-state index is -0.203. The molecule has 0 atom stereocenters. The molecule has 0 spiro atoms. The van der Waals surface area contributed by atoms with E-state index in [4.69, 9.17) is 4.52 Å². The first-order valence-corrected chi connectivity index (χ1v) is 8.69. The quantitative estimate of drug-likeness (QED) is 0.576. The van der Waals surface area contributed by atoms with Gasteiger partial charge in [-0.05, 0) is 43.0 Å². The standard InChI is InChI=1S/C19H15N3O2S/c1-11-6-3-4-7-14(11)20-18(23)13-10-15(16-8-5-9-25-16)21-19-17(13)12(2)22-24-19/h3-10H,1-2H3,(H,20,23). The number of nitrogens with zero attached hydrogens (tertiary/aromatic N) is 2. The SMILES string of the molecule is Cc1ccccc1NC(=O)c1cc(-c2cccs2)nc2onc(C)c12. The molecule has 25 heavy (non-hydrogen) atoms. The molecule has 0 bridgehead atoms. The van der Waals surface area contributed by atoms with E-state index in [9.17, 15) is 4.79 Å². The third kappa shape index (κ3) is 2.81. The number of hydrogen-bond acceptors (Lipinski definition) is 5. The molecule has 0 saturated carbocycles. The molecule has 3 heterocycles. The average Bonchev–Trinajstić information content (AvgIpc) is 3.26. The number of para-hydroxylation sites is 1. The third-order valence-electron chi connectivity index (χ3n) is 4.03. The molecule has 0 unspecified atom stereocenters. The summed E-state index contributed by atoms with van der Waals surface area (Å²) >= 11 is 1.56. The lowest BCUT2D eigenvalue weighted by molar-refractivity contribution is 0.102. The van der Waals surface area contributed by atoms with Crippen molar-refractivity contribution >= 4 is 34.0 Å². The fourth-order valence-electron chi connectivity index (χ4n) is 2.73. The molecule has 3 aromatic heterocycles. The number of thiophene rings is 1. The maximum Gasteiger partial charge on any atom is 0.259 e. The van der Waals surface area contributed by atoms with Crippen LogP contribution in [0, 0.1) is 13.8 Å². The number of aromatic nitrogens is 2. The summed E-state index contributed by atoms with van der Waals surface area (Å²) in [6, 6.07) is 13.4. The van der Waals surface area contributed by atoms with Crippen molar-refractivity contribution in [3.63, 3.8) is 0 Å². The van der Waals surface area contributed by atoms with Crippen LogP contribution in [0.3, 0.4) is 0 Å². The minimum Gasteiger partial charge on any atom is -0.335 e. The zero-order valence-electron chi connectivity index (χ0n) is 13.7. The monoisotopic (exact) mass is 349 g/mol. The Bertz CT molecular complexity index is 1070. The van der Waals surface area contributed by atoms with Gasteiger partial charge in [0.15, 0.2) is 0 Å². The van der Waals surface area contributed by atoms with Gasteiger partial charge in [0.2, 0.25) is 0 Å². The van der Waals surface area contributed by atoms with Gasteiger partial charge in [-0.15, -0.1) is 11.3 Å².